The van der Waals surface area contributed by atoms with Crippen molar-refractivity contribution < 1.29 is 28.6 Å². The first-order valence-electron chi connectivity index (χ1n) is 33.0. The highest BCUT2D eigenvalue weighted by Crippen LogP contribution is 2.15. The Morgan fingerprint density at radius 3 is 0.797 bits per heavy atom. The Kier molecular flexibility index (Phi) is 62.8. The lowest BCUT2D eigenvalue weighted by Gasteiger charge is -2.18. The van der Waals surface area contributed by atoms with Gasteiger partial charge in [0.2, 0.25) is 0 Å². The van der Waals surface area contributed by atoms with Crippen LogP contribution in [0.4, 0.5) is 0 Å². The van der Waals surface area contributed by atoms with Gasteiger partial charge in [-0.3, -0.25) is 14.4 Å². The third-order valence-corrected chi connectivity index (χ3v) is 13.9. The molecule has 6 nitrogen and oxygen atoms in total. The topological polar surface area (TPSA) is 78.9 Å². The van der Waals surface area contributed by atoms with E-state index in [4.69, 9.17) is 14.2 Å². The second-order valence-electron chi connectivity index (χ2n) is 21.6. The molecule has 0 spiro atoms. The normalized spacial score (nSPS) is 12.9. The van der Waals surface area contributed by atoms with Crippen LogP contribution in [0.1, 0.15) is 303 Å². The van der Waals surface area contributed by atoms with Crippen molar-refractivity contribution in [3.8, 4) is 0 Å². The van der Waals surface area contributed by atoms with Crippen molar-refractivity contribution in [1.82, 2.24) is 0 Å². The van der Waals surface area contributed by atoms with Crippen LogP contribution >= 0.6 is 0 Å². The quantitative estimate of drug-likeness (QED) is 0.0261. The van der Waals surface area contributed by atoms with Crippen molar-refractivity contribution in [2.75, 3.05) is 13.2 Å². The van der Waals surface area contributed by atoms with E-state index in [1.54, 1.807) is 0 Å². The smallest absolute Gasteiger partial charge is 0.306 e. The lowest BCUT2D eigenvalue weighted by molar-refractivity contribution is -0.167. The van der Waals surface area contributed by atoms with E-state index < -0.39 is 6.10 Å². The molecule has 0 radical (unpaired) electrons. The lowest BCUT2D eigenvalue weighted by atomic mass is 10.1. The fraction of sp³-hybridized carbons (Fsp3) is 0.685. The minimum Gasteiger partial charge on any atom is -0.462 e. The Labute approximate surface area is 488 Å². The molecule has 0 rings (SSSR count). The fourth-order valence-electron chi connectivity index (χ4n) is 8.98. The predicted molar refractivity (Wildman–Crippen MR) is 343 cm³/mol. The van der Waals surface area contributed by atoms with Crippen LogP contribution < -0.4 is 0 Å². The van der Waals surface area contributed by atoms with Crippen LogP contribution in [0.5, 0.6) is 0 Å². The highest BCUT2D eigenvalue weighted by molar-refractivity contribution is 5.71. The maximum Gasteiger partial charge on any atom is 0.306 e. The largest absolute Gasteiger partial charge is 0.462 e. The summed E-state index contributed by atoms with van der Waals surface area (Å²) >= 11 is 0. The van der Waals surface area contributed by atoms with E-state index in [0.29, 0.717) is 19.3 Å². The second-order valence-corrected chi connectivity index (χ2v) is 21.6. The molecule has 1 atom stereocenters. The van der Waals surface area contributed by atoms with Gasteiger partial charge >= 0.3 is 17.9 Å². The van der Waals surface area contributed by atoms with Crippen LogP contribution in [-0.4, -0.2) is 37.2 Å². The third kappa shape index (κ3) is 64.5. The summed E-state index contributed by atoms with van der Waals surface area (Å²) < 4.78 is 16.9. The zero-order valence-electron chi connectivity index (χ0n) is 51.6. The maximum atomic E-state index is 12.9. The van der Waals surface area contributed by atoms with Crippen molar-refractivity contribution in [2.45, 2.75) is 309 Å². The molecule has 0 aromatic heterocycles. The van der Waals surface area contributed by atoms with Crippen molar-refractivity contribution in [2.24, 2.45) is 0 Å². The molecule has 0 bridgehead atoms. The molecular formula is C73H122O6. The van der Waals surface area contributed by atoms with Crippen LogP contribution in [0.3, 0.4) is 0 Å². The minimum absolute atomic E-state index is 0.0904. The molecule has 0 aromatic carbocycles. The summed E-state index contributed by atoms with van der Waals surface area (Å²) in [5.41, 5.74) is 0. The van der Waals surface area contributed by atoms with Gasteiger partial charge in [-0.2, -0.15) is 0 Å². The molecular weight excluding hydrogens is 973 g/mol. The average molecular weight is 1100 g/mol. The number of hydrogen-bond acceptors (Lipinski definition) is 6. The molecule has 0 aliphatic carbocycles. The standard InChI is InChI=1S/C73H122O6/c1-4-7-10-13-16-19-22-25-28-30-31-32-33-34-35-36-37-38-39-40-41-42-43-44-46-48-51-54-57-60-63-66-72(75)78-69-70(68-77-71(74)65-62-59-56-53-50-47-27-24-21-18-15-12-9-6-3)79-73(76)67-64-61-58-55-52-49-45-29-26-23-20-17-14-11-8-5-2/h7,10,16,19-20,23-25,27-29,31-32,34-35,37-38,40-41,45,70H,4-6,8-9,11-15,17-18,21-22,26,30,33,36,39,42-44,46-69H2,1-3H3/b10-7-,19-16-,23-20-,27-24-,28-25-,32-31-,35-34-,38-37-,41-40-,45-29-. The zero-order valence-corrected chi connectivity index (χ0v) is 51.6. The molecule has 0 heterocycles. The SMILES string of the molecule is CC/C=C\C/C=C\C/C=C\C/C=C\C/C=C\C/C=C\C/C=C\CCCCCCCCCCCC(=O)OCC(COC(=O)CCCCCCC/C=C\CCCCCCC)OC(=O)CCCCCCC/C=C\C/C=C\CCCCCC. The molecule has 0 aliphatic heterocycles. The molecule has 0 aliphatic rings. The van der Waals surface area contributed by atoms with Crippen molar-refractivity contribution >= 4 is 17.9 Å². The second kappa shape index (κ2) is 66.3. The van der Waals surface area contributed by atoms with Crippen molar-refractivity contribution in [1.29, 1.82) is 0 Å². The summed E-state index contributed by atoms with van der Waals surface area (Å²) in [4.78, 5) is 38.3. The summed E-state index contributed by atoms with van der Waals surface area (Å²) in [5.74, 6) is -0.913. The van der Waals surface area contributed by atoms with E-state index in [0.717, 1.165) is 141 Å². The Morgan fingerprint density at radius 1 is 0.266 bits per heavy atom. The van der Waals surface area contributed by atoms with Gasteiger partial charge in [-0.05, 0) is 135 Å². The predicted octanol–water partition coefficient (Wildman–Crippen LogP) is 22.8. The summed E-state index contributed by atoms with van der Waals surface area (Å²) in [6.45, 7) is 6.49. The van der Waals surface area contributed by atoms with Crippen LogP contribution in [-0.2, 0) is 28.6 Å². The van der Waals surface area contributed by atoms with E-state index >= 15 is 0 Å². The number of carbonyl (C=O) groups is 3. The van der Waals surface area contributed by atoms with E-state index in [9.17, 15) is 14.4 Å². The molecule has 0 fully saturated rings. The molecule has 0 saturated carbocycles. The van der Waals surface area contributed by atoms with Gasteiger partial charge in [-0.25, -0.2) is 0 Å². The number of unbranched alkanes of at least 4 members (excludes halogenated alkanes) is 28. The van der Waals surface area contributed by atoms with E-state index in [1.165, 1.54) is 122 Å². The fourth-order valence-corrected chi connectivity index (χ4v) is 8.98. The van der Waals surface area contributed by atoms with E-state index in [2.05, 4.69) is 142 Å². The summed E-state index contributed by atoms with van der Waals surface area (Å²) in [5, 5.41) is 0. The van der Waals surface area contributed by atoms with Gasteiger partial charge in [-0.15, -0.1) is 0 Å². The first-order valence-corrected chi connectivity index (χ1v) is 33.0. The first-order chi connectivity index (χ1) is 39.0. The molecule has 0 saturated heterocycles. The van der Waals surface area contributed by atoms with Crippen molar-refractivity contribution in [3.63, 3.8) is 0 Å². The molecule has 0 amide bonds. The van der Waals surface area contributed by atoms with Crippen LogP contribution in [0, 0.1) is 0 Å². The number of esters is 3. The van der Waals surface area contributed by atoms with Gasteiger partial charge in [0.05, 0.1) is 0 Å². The number of rotatable bonds is 59. The Balaban J connectivity index is 4.31. The summed E-state index contributed by atoms with van der Waals surface area (Å²) in [6.07, 6.45) is 92.0. The highest BCUT2D eigenvalue weighted by Gasteiger charge is 2.19. The maximum absolute atomic E-state index is 12.9. The zero-order chi connectivity index (χ0) is 57.1. The van der Waals surface area contributed by atoms with Crippen LogP contribution in [0.25, 0.3) is 0 Å². The van der Waals surface area contributed by atoms with Gasteiger partial charge in [0.25, 0.3) is 0 Å². The van der Waals surface area contributed by atoms with E-state index in [1.807, 2.05) is 0 Å². The number of carbonyl (C=O) groups excluding carboxylic acids is 3. The number of ether oxygens (including phenoxy) is 3. The monoisotopic (exact) mass is 1090 g/mol. The van der Waals surface area contributed by atoms with E-state index in [-0.39, 0.29) is 31.1 Å². The molecule has 1 unspecified atom stereocenters. The lowest BCUT2D eigenvalue weighted by Crippen LogP contribution is -2.30. The molecule has 450 valence electrons. The van der Waals surface area contributed by atoms with Crippen LogP contribution in [0.2, 0.25) is 0 Å². The number of allylic oxidation sites excluding steroid dienone is 20. The molecule has 79 heavy (non-hydrogen) atoms. The molecule has 6 heteroatoms. The Bertz CT molecular complexity index is 1640. The van der Waals surface area contributed by atoms with Gasteiger partial charge in [0, 0.05) is 19.3 Å². The van der Waals surface area contributed by atoms with Crippen LogP contribution in [0.15, 0.2) is 122 Å². The average Bonchev–Trinajstić information content (AvgIpc) is 3.45. The highest BCUT2D eigenvalue weighted by atomic mass is 16.6. The Hall–Kier alpha value is -4.19. The van der Waals surface area contributed by atoms with Gasteiger partial charge in [-0.1, -0.05) is 271 Å². The molecule has 0 aromatic rings. The first kappa shape index (κ1) is 74.8. The Morgan fingerprint density at radius 2 is 0.494 bits per heavy atom. The van der Waals surface area contributed by atoms with Gasteiger partial charge in [0.1, 0.15) is 13.2 Å². The van der Waals surface area contributed by atoms with Crippen molar-refractivity contribution in [3.05, 3.63) is 122 Å². The third-order valence-electron chi connectivity index (χ3n) is 13.9. The summed E-state index contributed by atoms with van der Waals surface area (Å²) in [6, 6.07) is 0. The summed E-state index contributed by atoms with van der Waals surface area (Å²) in [7, 11) is 0. The number of hydrogen-bond donors (Lipinski definition) is 0. The van der Waals surface area contributed by atoms with Gasteiger partial charge < -0.3 is 14.2 Å². The minimum atomic E-state index is -0.795. The van der Waals surface area contributed by atoms with Gasteiger partial charge in [0.15, 0.2) is 6.10 Å². The molecule has 0 N–H and O–H groups in total.